The fourth-order valence-electron chi connectivity index (χ4n) is 3.37. The van der Waals surface area contributed by atoms with Gasteiger partial charge in [0.05, 0.1) is 64.6 Å². The number of likely N-dealkylation sites (N-methyl/N-ethyl adjacent to an activating group) is 1. The van der Waals surface area contributed by atoms with Crippen molar-refractivity contribution in [3.05, 3.63) is 0 Å². The second kappa shape index (κ2) is 13.2. The molecule has 6 nitrogen and oxygen atoms in total. The van der Waals surface area contributed by atoms with E-state index >= 15 is 0 Å². The average Bonchev–Trinajstić information content (AvgIpc) is 2.57. The first-order valence-corrected chi connectivity index (χ1v) is 11.2. The molecule has 3 unspecified atom stereocenters. The van der Waals surface area contributed by atoms with Gasteiger partial charge >= 0.3 is 0 Å². The maximum atomic E-state index is 6.36. The lowest BCUT2D eigenvalue weighted by Crippen LogP contribution is -2.48. The molecule has 1 aliphatic heterocycles. The zero-order valence-corrected chi connectivity index (χ0v) is 20.3. The van der Waals surface area contributed by atoms with Gasteiger partial charge in [0.25, 0.3) is 0 Å². The summed E-state index contributed by atoms with van der Waals surface area (Å²) in [7, 11) is 2.14. The van der Waals surface area contributed by atoms with Crippen LogP contribution in [0.4, 0.5) is 0 Å². The van der Waals surface area contributed by atoms with E-state index in [1.807, 2.05) is 0 Å². The van der Waals surface area contributed by atoms with Crippen LogP contribution in [0.5, 0.6) is 0 Å². The van der Waals surface area contributed by atoms with Crippen LogP contribution >= 0.6 is 0 Å². The standard InChI is InChI=1S/C23H47NO5/c1-19-16-28-17-20(21(19)29-23(5,6)7)15-24(8)9-10-25-11-12-26-13-14-27-18-22(2,3)4/h19-21H,9-18H2,1-8H3. The van der Waals surface area contributed by atoms with Gasteiger partial charge in [-0.1, -0.05) is 27.7 Å². The minimum Gasteiger partial charge on any atom is -0.381 e. The highest BCUT2D eigenvalue weighted by Gasteiger charge is 2.35. The molecule has 0 bridgehead atoms. The van der Waals surface area contributed by atoms with E-state index in [2.05, 4.69) is 60.4 Å². The van der Waals surface area contributed by atoms with Crippen molar-refractivity contribution in [3.8, 4) is 0 Å². The van der Waals surface area contributed by atoms with E-state index in [-0.39, 0.29) is 17.1 Å². The molecule has 0 N–H and O–H groups in total. The highest BCUT2D eigenvalue weighted by molar-refractivity contribution is 4.83. The van der Waals surface area contributed by atoms with Crippen molar-refractivity contribution in [3.63, 3.8) is 0 Å². The van der Waals surface area contributed by atoms with E-state index in [1.54, 1.807) is 0 Å². The molecule has 29 heavy (non-hydrogen) atoms. The first-order valence-electron chi connectivity index (χ1n) is 11.2. The molecular formula is C23H47NO5. The molecule has 3 atom stereocenters. The predicted octanol–water partition coefficient (Wildman–Crippen LogP) is 3.48. The highest BCUT2D eigenvalue weighted by atomic mass is 16.5. The number of ether oxygens (including phenoxy) is 5. The van der Waals surface area contributed by atoms with E-state index in [4.69, 9.17) is 23.7 Å². The predicted molar refractivity (Wildman–Crippen MR) is 118 cm³/mol. The second-order valence-electron chi connectivity index (χ2n) is 10.6. The van der Waals surface area contributed by atoms with Crippen LogP contribution in [0.3, 0.4) is 0 Å². The Morgan fingerprint density at radius 1 is 0.862 bits per heavy atom. The van der Waals surface area contributed by atoms with Gasteiger partial charge < -0.3 is 28.6 Å². The summed E-state index contributed by atoms with van der Waals surface area (Å²) in [4.78, 5) is 2.31. The van der Waals surface area contributed by atoms with Crippen molar-refractivity contribution in [2.75, 3.05) is 73.0 Å². The van der Waals surface area contributed by atoms with Crippen LogP contribution < -0.4 is 0 Å². The summed E-state index contributed by atoms with van der Waals surface area (Å²) >= 11 is 0. The molecule has 174 valence electrons. The van der Waals surface area contributed by atoms with Gasteiger partial charge in [-0.25, -0.2) is 0 Å². The Morgan fingerprint density at radius 2 is 1.45 bits per heavy atom. The molecule has 1 aliphatic rings. The fourth-order valence-corrected chi connectivity index (χ4v) is 3.37. The summed E-state index contributed by atoms with van der Waals surface area (Å²) in [5.74, 6) is 0.807. The smallest absolute Gasteiger partial charge is 0.0701 e. The molecule has 0 saturated carbocycles. The quantitative estimate of drug-likeness (QED) is 0.428. The minimum absolute atomic E-state index is 0.131. The van der Waals surface area contributed by atoms with Crippen LogP contribution in [0.15, 0.2) is 0 Å². The lowest BCUT2D eigenvalue weighted by molar-refractivity contribution is -0.160. The van der Waals surface area contributed by atoms with Gasteiger partial charge in [-0.3, -0.25) is 0 Å². The van der Waals surface area contributed by atoms with E-state index in [1.165, 1.54) is 0 Å². The maximum Gasteiger partial charge on any atom is 0.0701 e. The van der Waals surface area contributed by atoms with Crippen molar-refractivity contribution < 1.29 is 23.7 Å². The first-order chi connectivity index (χ1) is 13.5. The summed E-state index contributed by atoms with van der Waals surface area (Å²) in [6, 6.07) is 0. The number of hydrogen-bond acceptors (Lipinski definition) is 6. The van der Waals surface area contributed by atoms with Gasteiger partial charge in [0.15, 0.2) is 0 Å². The Bertz CT molecular complexity index is 418. The zero-order chi connectivity index (χ0) is 21.9. The van der Waals surface area contributed by atoms with E-state index in [9.17, 15) is 0 Å². The van der Waals surface area contributed by atoms with Gasteiger partial charge in [0.1, 0.15) is 0 Å². The number of nitrogens with zero attached hydrogens (tertiary/aromatic N) is 1. The van der Waals surface area contributed by atoms with Crippen LogP contribution in [-0.4, -0.2) is 89.6 Å². The molecule has 0 aromatic heterocycles. The molecule has 0 radical (unpaired) electrons. The van der Waals surface area contributed by atoms with Crippen LogP contribution in [-0.2, 0) is 23.7 Å². The number of hydrogen-bond donors (Lipinski definition) is 0. The Hall–Kier alpha value is -0.240. The van der Waals surface area contributed by atoms with Gasteiger partial charge in [-0.05, 0) is 33.2 Å². The third kappa shape index (κ3) is 13.6. The summed E-state index contributed by atoms with van der Waals surface area (Å²) in [5.41, 5.74) is 0.0732. The largest absolute Gasteiger partial charge is 0.381 e. The summed E-state index contributed by atoms with van der Waals surface area (Å²) in [6.45, 7) is 22.4. The number of rotatable bonds is 13. The van der Waals surface area contributed by atoms with Crippen LogP contribution in [0.2, 0.25) is 0 Å². The Labute approximate surface area is 179 Å². The third-order valence-corrected chi connectivity index (χ3v) is 4.67. The van der Waals surface area contributed by atoms with Crippen molar-refractivity contribution >= 4 is 0 Å². The summed E-state index contributed by atoms with van der Waals surface area (Å²) in [6.07, 6.45) is 0.237. The third-order valence-electron chi connectivity index (χ3n) is 4.67. The fraction of sp³-hybridized carbons (Fsp3) is 1.00. The van der Waals surface area contributed by atoms with Gasteiger partial charge in [-0.2, -0.15) is 0 Å². The molecule has 1 rings (SSSR count). The maximum absolute atomic E-state index is 6.36. The summed E-state index contributed by atoms with van der Waals surface area (Å²) < 4.78 is 29.0. The molecule has 0 spiro atoms. The first kappa shape index (κ1) is 26.8. The Kier molecular flexibility index (Phi) is 12.2. The average molecular weight is 418 g/mol. The summed E-state index contributed by atoms with van der Waals surface area (Å²) in [5, 5.41) is 0. The zero-order valence-electron chi connectivity index (χ0n) is 20.3. The van der Waals surface area contributed by atoms with Gasteiger partial charge in [-0.15, -0.1) is 0 Å². The van der Waals surface area contributed by atoms with Crippen molar-refractivity contribution in [1.29, 1.82) is 0 Å². The van der Waals surface area contributed by atoms with E-state index in [0.29, 0.717) is 44.9 Å². The van der Waals surface area contributed by atoms with Crippen LogP contribution in [0.25, 0.3) is 0 Å². The Morgan fingerprint density at radius 3 is 2.03 bits per heavy atom. The topological polar surface area (TPSA) is 49.4 Å². The second-order valence-corrected chi connectivity index (χ2v) is 10.6. The van der Waals surface area contributed by atoms with Crippen molar-refractivity contribution in [2.45, 2.75) is 60.2 Å². The molecule has 6 heteroatoms. The molecule has 0 aromatic carbocycles. The van der Waals surface area contributed by atoms with Crippen LogP contribution in [0.1, 0.15) is 48.5 Å². The normalized spacial score (nSPS) is 23.7. The molecule has 1 saturated heterocycles. The molecule has 0 aromatic rings. The minimum atomic E-state index is -0.131. The SMILES string of the molecule is CC1COCC(CN(C)CCOCCOCCOCC(C)(C)C)C1OC(C)(C)C. The van der Waals surface area contributed by atoms with Gasteiger partial charge in [0.2, 0.25) is 0 Å². The Balaban J connectivity index is 2.11. The molecule has 0 amide bonds. The van der Waals surface area contributed by atoms with Crippen LogP contribution in [0, 0.1) is 17.3 Å². The van der Waals surface area contributed by atoms with E-state index < -0.39 is 0 Å². The van der Waals surface area contributed by atoms with E-state index in [0.717, 1.165) is 32.9 Å². The van der Waals surface area contributed by atoms with Gasteiger partial charge in [0, 0.05) is 24.9 Å². The molecule has 1 fully saturated rings. The lowest BCUT2D eigenvalue weighted by Gasteiger charge is -2.41. The van der Waals surface area contributed by atoms with Crippen molar-refractivity contribution in [2.24, 2.45) is 17.3 Å². The molecule has 0 aliphatic carbocycles. The highest BCUT2D eigenvalue weighted by Crippen LogP contribution is 2.28. The van der Waals surface area contributed by atoms with Crippen molar-refractivity contribution in [1.82, 2.24) is 4.90 Å². The molecular weight excluding hydrogens is 370 g/mol. The monoisotopic (exact) mass is 417 g/mol. The lowest BCUT2D eigenvalue weighted by atomic mass is 9.89. The molecule has 1 heterocycles.